The fourth-order valence-corrected chi connectivity index (χ4v) is 1.49. The quantitative estimate of drug-likeness (QED) is 0.798. The van der Waals surface area contributed by atoms with Crippen LogP contribution in [0.25, 0.3) is 0 Å². The van der Waals surface area contributed by atoms with Gasteiger partial charge in [-0.1, -0.05) is 6.07 Å². The Morgan fingerprint density at radius 3 is 3.00 bits per heavy atom. The first-order valence-electron chi connectivity index (χ1n) is 4.87. The lowest BCUT2D eigenvalue weighted by molar-refractivity contribution is 0.0925. The number of nitrogens with zero attached hydrogens (tertiary/aromatic N) is 1. The largest absolute Gasteiger partial charge is 0.384 e. The van der Waals surface area contributed by atoms with Gasteiger partial charge in [0.15, 0.2) is 0 Å². The molecule has 3 N–H and O–H groups in total. The number of hydrogen-bond donors (Lipinski definition) is 2. The van der Waals surface area contributed by atoms with Crippen LogP contribution in [-0.4, -0.2) is 30.1 Å². The number of anilines is 1. The van der Waals surface area contributed by atoms with E-state index in [2.05, 4.69) is 10.3 Å². The number of nitrogen functional groups attached to an aromatic ring is 1. The van der Waals surface area contributed by atoms with Gasteiger partial charge in [0.25, 0.3) is 5.91 Å². The van der Waals surface area contributed by atoms with Crippen LogP contribution in [0.4, 0.5) is 5.82 Å². The number of ether oxygens (including phenoxy) is 1. The lowest BCUT2D eigenvalue weighted by atomic mass is 10.2. The predicted molar refractivity (Wildman–Crippen MR) is 62.6 cm³/mol. The number of carbonyl (C=O) groups is 1. The second-order valence-electron chi connectivity index (χ2n) is 3.48. The molecule has 0 saturated carbocycles. The molecule has 1 aliphatic rings. The Bertz CT molecular complexity index is 367. The van der Waals surface area contributed by atoms with Crippen molar-refractivity contribution >= 4 is 24.1 Å². The number of aromatic nitrogens is 1. The summed E-state index contributed by atoms with van der Waals surface area (Å²) in [6, 6.07) is 5.10. The van der Waals surface area contributed by atoms with Crippen molar-refractivity contribution in [2.45, 2.75) is 12.5 Å². The Kier molecular flexibility index (Phi) is 4.52. The van der Waals surface area contributed by atoms with Crippen molar-refractivity contribution in [3.8, 4) is 0 Å². The highest BCUT2D eigenvalue weighted by atomic mass is 35.5. The summed E-state index contributed by atoms with van der Waals surface area (Å²) < 4.78 is 5.16. The van der Waals surface area contributed by atoms with Gasteiger partial charge in [-0.3, -0.25) is 4.79 Å². The van der Waals surface area contributed by atoms with Crippen molar-refractivity contribution in [2.24, 2.45) is 0 Å². The highest BCUT2D eigenvalue weighted by molar-refractivity contribution is 5.92. The number of nitrogens with one attached hydrogen (secondary N) is 1. The van der Waals surface area contributed by atoms with E-state index in [0.717, 1.165) is 6.42 Å². The summed E-state index contributed by atoms with van der Waals surface area (Å²) in [5.41, 5.74) is 5.84. The van der Waals surface area contributed by atoms with Gasteiger partial charge in [0, 0.05) is 6.61 Å². The standard InChI is InChI=1S/C10H13N3O2.ClH/c11-9-3-1-2-8(13-9)10(14)12-7-4-5-15-6-7;/h1-3,7H,4-6H2,(H2,11,13)(H,12,14);1H. The zero-order valence-electron chi connectivity index (χ0n) is 8.68. The lowest BCUT2D eigenvalue weighted by Gasteiger charge is -2.09. The molecule has 16 heavy (non-hydrogen) atoms. The number of nitrogens with two attached hydrogens (primary N) is 1. The Balaban J connectivity index is 0.00000128. The van der Waals surface area contributed by atoms with E-state index < -0.39 is 0 Å². The predicted octanol–water partition coefficient (Wildman–Crippen LogP) is 0.604. The number of pyridine rings is 1. The van der Waals surface area contributed by atoms with Gasteiger partial charge < -0.3 is 15.8 Å². The van der Waals surface area contributed by atoms with Gasteiger partial charge in [-0.05, 0) is 18.6 Å². The second-order valence-corrected chi connectivity index (χ2v) is 3.48. The molecule has 1 aromatic rings. The Labute approximate surface area is 99.8 Å². The average molecular weight is 244 g/mol. The molecule has 1 unspecified atom stereocenters. The number of halogens is 1. The molecule has 1 aromatic heterocycles. The van der Waals surface area contributed by atoms with Crippen LogP contribution in [0.15, 0.2) is 18.2 Å². The van der Waals surface area contributed by atoms with Gasteiger partial charge in [-0.15, -0.1) is 12.4 Å². The summed E-state index contributed by atoms with van der Waals surface area (Å²) in [5.74, 6) is 0.156. The molecule has 6 heteroatoms. The molecular weight excluding hydrogens is 230 g/mol. The van der Waals surface area contributed by atoms with Gasteiger partial charge in [0.1, 0.15) is 11.5 Å². The van der Waals surface area contributed by atoms with Crippen LogP contribution in [0, 0.1) is 0 Å². The van der Waals surface area contributed by atoms with Crippen LogP contribution in [0.5, 0.6) is 0 Å². The SMILES string of the molecule is Cl.Nc1cccc(C(=O)NC2CCOC2)n1. The first-order chi connectivity index (χ1) is 7.25. The Hall–Kier alpha value is -1.33. The van der Waals surface area contributed by atoms with Crippen molar-refractivity contribution in [1.29, 1.82) is 0 Å². The maximum absolute atomic E-state index is 11.7. The van der Waals surface area contributed by atoms with Crippen molar-refractivity contribution in [2.75, 3.05) is 18.9 Å². The minimum Gasteiger partial charge on any atom is -0.384 e. The molecule has 1 amide bonds. The summed E-state index contributed by atoms with van der Waals surface area (Å²) in [7, 11) is 0. The maximum Gasteiger partial charge on any atom is 0.270 e. The van der Waals surface area contributed by atoms with E-state index in [-0.39, 0.29) is 24.4 Å². The van der Waals surface area contributed by atoms with Gasteiger partial charge in [0.2, 0.25) is 0 Å². The first kappa shape index (κ1) is 12.7. The molecule has 88 valence electrons. The first-order valence-corrected chi connectivity index (χ1v) is 4.87. The smallest absolute Gasteiger partial charge is 0.270 e. The normalized spacial score (nSPS) is 18.9. The van der Waals surface area contributed by atoms with E-state index in [1.54, 1.807) is 18.2 Å². The van der Waals surface area contributed by atoms with Gasteiger partial charge >= 0.3 is 0 Å². The number of rotatable bonds is 2. The van der Waals surface area contributed by atoms with E-state index in [9.17, 15) is 4.79 Å². The second kappa shape index (κ2) is 5.67. The molecule has 0 spiro atoms. The summed E-state index contributed by atoms with van der Waals surface area (Å²) in [5, 5.41) is 2.84. The van der Waals surface area contributed by atoms with E-state index in [1.165, 1.54) is 0 Å². The average Bonchev–Trinajstić information content (AvgIpc) is 2.70. The van der Waals surface area contributed by atoms with E-state index in [1.807, 2.05) is 0 Å². The highest BCUT2D eigenvalue weighted by Crippen LogP contribution is 2.05. The highest BCUT2D eigenvalue weighted by Gasteiger charge is 2.18. The van der Waals surface area contributed by atoms with Crippen molar-refractivity contribution in [3.05, 3.63) is 23.9 Å². The molecule has 2 heterocycles. The fourth-order valence-electron chi connectivity index (χ4n) is 1.49. The van der Waals surface area contributed by atoms with E-state index in [4.69, 9.17) is 10.5 Å². The molecule has 1 atom stereocenters. The third-order valence-electron chi connectivity index (χ3n) is 2.27. The van der Waals surface area contributed by atoms with Crippen LogP contribution < -0.4 is 11.1 Å². The molecule has 5 nitrogen and oxygen atoms in total. The topological polar surface area (TPSA) is 77.2 Å². The van der Waals surface area contributed by atoms with Crippen LogP contribution >= 0.6 is 12.4 Å². The maximum atomic E-state index is 11.7. The molecule has 0 radical (unpaired) electrons. The summed E-state index contributed by atoms with van der Waals surface area (Å²) in [6.45, 7) is 1.28. The van der Waals surface area contributed by atoms with E-state index in [0.29, 0.717) is 24.7 Å². The van der Waals surface area contributed by atoms with Gasteiger partial charge in [-0.2, -0.15) is 0 Å². The van der Waals surface area contributed by atoms with Crippen molar-refractivity contribution < 1.29 is 9.53 Å². The summed E-state index contributed by atoms with van der Waals surface area (Å²) >= 11 is 0. The number of carbonyl (C=O) groups excluding carboxylic acids is 1. The van der Waals surface area contributed by atoms with E-state index >= 15 is 0 Å². The van der Waals surface area contributed by atoms with Gasteiger partial charge in [-0.25, -0.2) is 4.98 Å². The molecule has 0 aliphatic carbocycles. The third kappa shape index (κ3) is 3.08. The summed E-state index contributed by atoms with van der Waals surface area (Å²) in [4.78, 5) is 15.6. The Morgan fingerprint density at radius 2 is 2.38 bits per heavy atom. The molecule has 1 fully saturated rings. The molecular formula is C10H14ClN3O2. The van der Waals surface area contributed by atoms with Crippen LogP contribution in [0.1, 0.15) is 16.9 Å². The summed E-state index contributed by atoms with van der Waals surface area (Å²) in [6.07, 6.45) is 0.855. The molecule has 2 rings (SSSR count). The Morgan fingerprint density at radius 1 is 1.56 bits per heavy atom. The monoisotopic (exact) mass is 243 g/mol. The van der Waals surface area contributed by atoms with Crippen LogP contribution in [-0.2, 0) is 4.74 Å². The number of hydrogen-bond acceptors (Lipinski definition) is 4. The molecule has 0 aromatic carbocycles. The van der Waals surface area contributed by atoms with Gasteiger partial charge in [0.05, 0.1) is 12.6 Å². The van der Waals surface area contributed by atoms with Crippen molar-refractivity contribution in [3.63, 3.8) is 0 Å². The number of amides is 1. The molecule has 1 saturated heterocycles. The fraction of sp³-hybridized carbons (Fsp3) is 0.400. The van der Waals surface area contributed by atoms with Crippen molar-refractivity contribution in [1.82, 2.24) is 10.3 Å². The lowest BCUT2D eigenvalue weighted by Crippen LogP contribution is -2.35. The third-order valence-corrected chi connectivity index (χ3v) is 2.27. The molecule has 1 aliphatic heterocycles. The zero-order valence-corrected chi connectivity index (χ0v) is 9.50. The molecule has 0 bridgehead atoms. The zero-order chi connectivity index (χ0) is 10.7. The minimum absolute atomic E-state index is 0. The van der Waals surface area contributed by atoms with Crippen LogP contribution in [0.2, 0.25) is 0 Å². The van der Waals surface area contributed by atoms with Crippen LogP contribution in [0.3, 0.4) is 0 Å². The minimum atomic E-state index is -0.196.